The van der Waals surface area contributed by atoms with E-state index < -0.39 is 5.60 Å². The van der Waals surface area contributed by atoms with Crippen LogP contribution in [0.5, 0.6) is 0 Å². The Morgan fingerprint density at radius 1 is 1.43 bits per heavy atom. The van der Waals surface area contributed by atoms with Crippen molar-refractivity contribution in [1.29, 1.82) is 0 Å². The quantitative estimate of drug-likeness (QED) is 0.711. The molecule has 0 radical (unpaired) electrons. The molecule has 1 fully saturated rings. The van der Waals surface area contributed by atoms with Crippen LogP contribution in [0.1, 0.15) is 47.0 Å². The fourth-order valence-corrected chi connectivity index (χ4v) is 2.38. The van der Waals surface area contributed by atoms with Crippen molar-refractivity contribution >= 4 is 0 Å². The van der Waals surface area contributed by atoms with Crippen molar-refractivity contribution in [3.05, 3.63) is 0 Å². The summed E-state index contributed by atoms with van der Waals surface area (Å²) in [6, 6.07) is 0.656. The van der Waals surface area contributed by atoms with Gasteiger partial charge in [-0.1, -0.05) is 20.8 Å². The van der Waals surface area contributed by atoms with Gasteiger partial charge in [0.15, 0.2) is 0 Å². The van der Waals surface area contributed by atoms with E-state index in [1.807, 2.05) is 6.92 Å². The third kappa shape index (κ3) is 3.97. The number of nitrogens with one attached hydrogen (secondary N) is 1. The van der Waals surface area contributed by atoms with Crippen LogP contribution in [0.25, 0.3) is 0 Å². The van der Waals surface area contributed by atoms with Crippen LogP contribution < -0.4 is 5.32 Å². The number of hydrogen-bond donors (Lipinski definition) is 2. The lowest BCUT2D eigenvalue weighted by molar-refractivity contribution is 0.0305. The Morgan fingerprint density at radius 2 is 2.00 bits per heavy atom. The zero-order valence-corrected chi connectivity index (χ0v) is 10.0. The minimum absolute atomic E-state index is 0.535. The van der Waals surface area contributed by atoms with Gasteiger partial charge in [-0.3, -0.25) is 0 Å². The summed E-state index contributed by atoms with van der Waals surface area (Å²) in [5, 5.41) is 13.5. The predicted molar refractivity (Wildman–Crippen MR) is 60.3 cm³/mol. The molecule has 0 heterocycles. The van der Waals surface area contributed by atoms with Crippen LogP contribution in [0.15, 0.2) is 0 Å². The van der Waals surface area contributed by atoms with E-state index in [9.17, 15) is 5.11 Å². The summed E-state index contributed by atoms with van der Waals surface area (Å²) in [6.45, 7) is 9.26. The van der Waals surface area contributed by atoms with Gasteiger partial charge in [-0.15, -0.1) is 0 Å². The molecule has 0 aromatic carbocycles. The molecule has 1 unspecified atom stereocenters. The molecule has 2 N–H and O–H groups in total. The zero-order chi connectivity index (χ0) is 10.8. The molecule has 2 nitrogen and oxygen atoms in total. The molecule has 1 saturated carbocycles. The minimum atomic E-state index is -0.535. The second kappa shape index (κ2) is 4.63. The van der Waals surface area contributed by atoms with E-state index in [2.05, 4.69) is 26.1 Å². The molecule has 0 saturated heterocycles. The molecule has 0 spiro atoms. The van der Waals surface area contributed by atoms with Gasteiger partial charge in [-0.25, -0.2) is 0 Å². The van der Waals surface area contributed by atoms with Crippen LogP contribution in [-0.4, -0.2) is 23.3 Å². The second-order valence-electron chi connectivity index (χ2n) is 5.75. The molecule has 0 bridgehead atoms. The SMILES string of the molecule is CC(C)CC(C)(O)CNC1CC(C)C1. The van der Waals surface area contributed by atoms with E-state index in [-0.39, 0.29) is 0 Å². The third-order valence-electron chi connectivity index (χ3n) is 2.99. The van der Waals surface area contributed by atoms with Crippen molar-refractivity contribution in [3.63, 3.8) is 0 Å². The van der Waals surface area contributed by atoms with Crippen molar-refractivity contribution < 1.29 is 5.11 Å². The largest absolute Gasteiger partial charge is 0.389 e. The minimum Gasteiger partial charge on any atom is -0.389 e. The lowest BCUT2D eigenvalue weighted by Crippen LogP contribution is -2.47. The van der Waals surface area contributed by atoms with Crippen LogP contribution >= 0.6 is 0 Å². The predicted octanol–water partition coefficient (Wildman–Crippen LogP) is 2.17. The van der Waals surface area contributed by atoms with Gasteiger partial charge in [0.2, 0.25) is 0 Å². The van der Waals surface area contributed by atoms with E-state index in [0.29, 0.717) is 12.0 Å². The highest BCUT2D eigenvalue weighted by Gasteiger charge is 2.28. The third-order valence-corrected chi connectivity index (χ3v) is 2.99. The van der Waals surface area contributed by atoms with Crippen LogP contribution in [0.3, 0.4) is 0 Å². The van der Waals surface area contributed by atoms with Crippen molar-refractivity contribution in [1.82, 2.24) is 5.32 Å². The standard InChI is InChI=1S/C12H25NO/c1-9(2)7-12(4,14)8-13-11-5-10(3)6-11/h9-11,13-14H,5-8H2,1-4H3. The number of hydrogen-bond acceptors (Lipinski definition) is 2. The monoisotopic (exact) mass is 199 g/mol. The first kappa shape index (κ1) is 12.0. The first-order valence-electron chi connectivity index (χ1n) is 5.85. The first-order valence-corrected chi connectivity index (χ1v) is 5.85. The smallest absolute Gasteiger partial charge is 0.0746 e. The number of rotatable bonds is 5. The van der Waals surface area contributed by atoms with Gasteiger partial charge in [0.1, 0.15) is 0 Å². The molecule has 84 valence electrons. The van der Waals surface area contributed by atoms with E-state index in [4.69, 9.17) is 0 Å². The molecule has 0 amide bonds. The number of aliphatic hydroxyl groups is 1. The molecule has 14 heavy (non-hydrogen) atoms. The van der Waals surface area contributed by atoms with E-state index in [1.54, 1.807) is 0 Å². The summed E-state index contributed by atoms with van der Waals surface area (Å²) in [6.07, 6.45) is 3.43. The summed E-state index contributed by atoms with van der Waals surface area (Å²) >= 11 is 0. The topological polar surface area (TPSA) is 32.3 Å². The molecular weight excluding hydrogens is 174 g/mol. The maximum absolute atomic E-state index is 10.1. The Kier molecular flexibility index (Phi) is 3.96. The molecule has 0 aromatic rings. The average molecular weight is 199 g/mol. The lowest BCUT2D eigenvalue weighted by Gasteiger charge is -2.36. The highest BCUT2D eigenvalue weighted by Crippen LogP contribution is 2.27. The Balaban J connectivity index is 2.16. The summed E-state index contributed by atoms with van der Waals surface area (Å²) < 4.78 is 0. The average Bonchev–Trinajstić information content (AvgIpc) is 1.93. The molecule has 0 aromatic heterocycles. The van der Waals surface area contributed by atoms with Crippen molar-refractivity contribution in [2.45, 2.75) is 58.6 Å². The molecule has 1 rings (SSSR count). The van der Waals surface area contributed by atoms with Gasteiger partial charge in [-0.2, -0.15) is 0 Å². The first-order chi connectivity index (χ1) is 6.39. The lowest BCUT2D eigenvalue weighted by atomic mass is 9.81. The fraction of sp³-hybridized carbons (Fsp3) is 1.00. The van der Waals surface area contributed by atoms with Crippen LogP contribution in [0, 0.1) is 11.8 Å². The highest BCUT2D eigenvalue weighted by atomic mass is 16.3. The molecule has 1 atom stereocenters. The Hall–Kier alpha value is -0.0800. The molecule has 2 heteroatoms. The zero-order valence-electron chi connectivity index (χ0n) is 10.0. The molecule has 0 aliphatic heterocycles. The highest BCUT2D eigenvalue weighted by molar-refractivity contribution is 4.86. The van der Waals surface area contributed by atoms with Gasteiger partial charge in [0, 0.05) is 12.6 Å². The van der Waals surface area contributed by atoms with Gasteiger partial charge in [0.05, 0.1) is 5.60 Å². The van der Waals surface area contributed by atoms with E-state index in [1.165, 1.54) is 12.8 Å². The Bertz CT molecular complexity index is 171. The summed E-state index contributed by atoms with van der Waals surface area (Å²) in [4.78, 5) is 0. The fourth-order valence-electron chi connectivity index (χ4n) is 2.38. The summed E-state index contributed by atoms with van der Waals surface area (Å²) in [5.41, 5.74) is -0.535. The van der Waals surface area contributed by atoms with Crippen molar-refractivity contribution in [3.8, 4) is 0 Å². The Morgan fingerprint density at radius 3 is 2.43 bits per heavy atom. The Labute approximate surface area is 88.1 Å². The van der Waals surface area contributed by atoms with Gasteiger partial charge < -0.3 is 10.4 Å². The normalized spacial score (nSPS) is 31.3. The van der Waals surface area contributed by atoms with Crippen LogP contribution in [0.4, 0.5) is 0 Å². The van der Waals surface area contributed by atoms with Crippen LogP contribution in [-0.2, 0) is 0 Å². The van der Waals surface area contributed by atoms with Crippen molar-refractivity contribution in [2.75, 3.05) is 6.54 Å². The van der Waals surface area contributed by atoms with Gasteiger partial charge in [0.25, 0.3) is 0 Å². The molecule has 1 aliphatic rings. The van der Waals surface area contributed by atoms with E-state index in [0.717, 1.165) is 18.9 Å². The van der Waals surface area contributed by atoms with Gasteiger partial charge in [-0.05, 0) is 38.0 Å². The van der Waals surface area contributed by atoms with Crippen molar-refractivity contribution in [2.24, 2.45) is 11.8 Å². The second-order valence-corrected chi connectivity index (χ2v) is 5.75. The van der Waals surface area contributed by atoms with Gasteiger partial charge >= 0.3 is 0 Å². The maximum atomic E-state index is 10.1. The summed E-state index contributed by atoms with van der Waals surface area (Å²) in [7, 11) is 0. The molecule has 1 aliphatic carbocycles. The summed E-state index contributed by atoms with van der Waals surface area (Å²) in [5.74, 6) is 1.44. The molecular formula is C12H25NO. The van der Waals surface area contributed by atoms with Crippen LogP contribution in [0.2, 0.25) is 0 Å². The van der Waals surface area contributed by atoms with E-state index >= 15 is 0 Å². The maximum Gasteiger partial charge on any atom is 0.0746 e.